The summed E-state index contributed by atoms with van der Waals surface area (Å²) in [5.41, 5.74) is 11.3. The fourth-order valence-corrected chi connectivity index (χ4v) is 6.10. The summed E-state index contributed by atoms with van der Waals surface area (Å²) < 4.78 is 0. The molecule has 2 nitrogen and oxygen atoms in total. The first-order valence-corrected chi connectivity index (χ1v) is 8.65. The first-order valence-electron chi connectivity index (χ1n) is 8.65. The van der Waals surface area contributed by atoms with E-state index in [1.807, 2.05) is 0 Å². The van der Waals surface area contributed by atoms with Crippen LogP contribution < -0.4 is 11.5 Å². The zero-order valence-electron chi connectivity index (χ0n) is 12.6. The van der Waals surface area contributed by atoms with E-state index in [1.165, 1.54) is 44.9 Å². The number of nitrogens with two attached hydrogens (primary N) is 2. The molecular formula is C16H31BN2. The Bertz CT molecular complexity index is 322. The van der Waals surface area contributed by atoms with Crippen molar-refractivity contribution >= 4 is 7.85 Å². The van der Waals surface area contributed by atoms with Gasteiger partial charge in [0.25, 0.3) is 0 Å². The Morgan fingerprint density at radius 2 is 1.63 bits per heavy atom. The summed E-state index contributed by atoms with van der Waals surface area (Å²) >= 11 is 0. The van der Waals surface area contributed by atoms with Crippen molar-refractivity contribution in [2.24, 2.45) is 41.1 Å². The molecule has 3 heteroatoms. The molecule has 0 heterocycles. The molecule has 0 aromatic rings. The van der Waals surface area contributed by atoms with Gasteiger partial charge in [-0.1, -0.05) is 25.7 Å². The molecule has 0 aromatic carbocycles. The zero-order valence-corrected chi connectivity index (χ0v) is 12.6. The average Bonchev–Trinajstić information content (AvgIpc) is 2.80. The highest BCUT2D eigenvalue weighted by molar-refractivity contribution is 6.20. The summed E-state index contributed by atoms with van der Waals surface area (Å²) in [7, 11) is 2.58. The van der Waals surface area contributed by atoms with Crippen molar-refractivity contribution < 1.29 is 0 Å². The van der Waals surface area contributed by atoms with Gasteiger partial charge >= 0.3 is 0 Å². The third-order valence-electron chi connectivity index (χ3n) is 6.82. The molecule has 3 aliphatic carbocycles. The SMILES string of the molecule is BC12C3CC(CCCCCCN)C1C(CCCN)C32. The quantitative estimate of drug-likeness (QED) is 0.493. The molecule has 3 aliphatic rings. The molecule has 0 saturated heterocycles. The Morgan fingerprint density at radius 3 is 2.32 bits per heavy atom. The molecule has 0 aromatic heterocycles. The first-order chi connectivity index (χ1) is 9.25. The minimum atomic E-state index is 0.793. The predicted molar refractivity (Wildman–Crippen MR) is 83.7 cm³/mol. The third kappa shape index (κ3) is 2.08. The van der Waals surface area contributed by atoms with Crippen LogP contribution in [0.3, 0.4) is 0 Å². The fourth-order valence-electron chi connectivity index (χ4n) is 6.10. The van der Waals surface area contributed by atoms with Crippen molar-refractivity contribution in [2.75, 3.05) is 13.1 Å². The van der Waals surface area contributed by atoms with E-state index in [-0.39, 0.29) is 0 Å². The van der Waals surface area contributed by atoms with Crippen molar-refractivity contribution in [3.8, 4) is 0 Å². The van der Waals surface area contributed by atoms with Gasteiger partial charge in [-0.2, -0.15) is 0 Å². The Hall–Kier alpha value is -0.0151. The van der Waals surface area contributed by atoms with Crippen LogP contribution in [0.4, 0.5) is 0 Å². The maximum atomic E-state index is 5.70. The lowest BCUT2D eigenvalue weighted by Crippen LogP contribution is -2.40. The highest BCUT2D eigenvalue weighted by Gasteiger charge is 2.81. The van der Waals surface area contributed by atoms with Crippen molar-refractivity contribution in [3.05, 3.63) is 0 Å². The van der Waals surface area contributed by atoms with E-state index in [2.05, 4.69) is 7.85 Å². The van der Waals surface area contributed by atoms with E-state index in [4.69, 9.17) is 11.5 Å². The summed E-state index contributed by atoms with van der Waals surface area (Å²) in [4.78, 5) is 0. The molecule has 0 bridgehead atoms. The van der Waals surface area contributed by atoms with Gasteiger partial charge in [-0.15, -0.1) is 0 Å². The number of unbranched alkanes of at least 4 members (excludes halogenated alkanes) is 3. The van der Waals surface area contributed by atoms with Crippen LogP contribution in [0.25, 0.3) is 0 Å². The molecule has 19 heavy (non-hydrogen) atoms. The number of rotatable bonds is 9. The van der Waals surface area contributed by atoms with Crippen molar-refractivity contribution in [3.63, 3.8) is 0 Å². The molecule has 3 saturated carbocycles. The van der Waals surface area contributed by atoms with Crippen molar-refractivity contribution in [1.29, 1.82) is 0 Å². The van der Waals surface area contributed by atoms with Crippen LogP contribution in [0.15, 0.2) is 0 Å². The molecule has 3 fully saturated rings. The van der Waals surface area contributed by atoms with Crippen molar-refractivity contribution in [1.82, 2.24) is 0 Å². The van der Waals surface area contributed by atoms with Gasteiger partial charge in [0, 0.05) is 0 Å². The molecule has 4 N–H and O–H groups in total. The summed E-state index contributed by atoms with van der Waals surface area (Å²) in [5.74, 6) is 5.40. The fraction of sp³-hybridized carbons (Fsp3) is 1.00. The van der Waals surface area contributed by atoms with Crippen LogP contribution in [0.5, 0.6) is 0 Å². The Morgan fingerprint density at radius 1 is 0.895 bits per heavy atom. The topological polar surface area (TPSA) is 52.0 Å². The van der Waals surface area contributed by atoms with Crippen LogP contribution in [0.1, 0.15) is 51.4 Å². The van der Waals surface area contributed by atoms with Gasteiger partial charge in [0.2, 0.25) is 0 Å². The maximum absolute atomic E-state index is 5.70. The minimum Gasteiger partial charge on any atom is -0.330 e. The summed E-state index contributed by atoms with van der Waals surface area (Å²) in [6, 6.07) is 0. The molecule has 6 atom stereocenters. The van der Waals surface area contributed by atoms with E-state index in [1.54, 1.807) is 6.42 Å². The number of fused-ring (bicyclic) bond motifs is 1. The lowest BCUT2D eigenvalue weighted by molar-refractivity contribution is 0.0730. The second-order valence-electron chi connectivity index (χ2n) is 7.61. The summed E-state index contributed by atoms with van der Waals surface area (Å²) in [6.07, 6.45) is 11.1. The van der Waals surface area contributed by atoms with E-state index >= 15 is 0 Å². The lowest BCUT2D eigenvalue weighted by Gasteiger charge is -2.47. The maximum Gasteiger partial charge on any atom is 0.110 e. The van der Waals surface area contributed by atoms with Gasteiger partial charge in [-0.3, -0.25) is 0 Å². The second-order valence-corrected chi connectivity index (χ2v) is 7.61. The standard InChI is InChI=1S/C16H31BN2/c17-16-13-10-11(6-3-1-2-4-8-18)14(16)12(15(13)16)7-5-9-19/h11-15H,1-10,17-19H2. The van der Waals surface area contributed by atoms with Gasteiger partial charge in [-0.05, 0) is 73.7 Å². The first kappa shape index (κ1) is 13.9. The molecule has 108 valence electrons. The molecule has 0 amide bonds. The van der Waals surface area contributed by atoms with Crippen molar-refractivity contribution in [2.45, 2.75) is 56.7 Å². The zero-order chi connectivity index (χ0) is 13.5. The normalized spacial score (nSPS) is 45.9. The van der Waals surface area contributed by atoms with E-state index in [0.717, 1.165) is 48.0 Å². The molecule has 0 spiro atoms. The van der Waals surface area contributed by atoms with Gasteiger partial charge in [0.1, 0.15) is 7.85 Å². The smallest absolute Gasteiger partial charge is 0.110 e. The van der Waals surface area contributed by atoms with Gasteiger partial charge in [0.15, 0.2) is 0 Å². The monoisotopic (exact) mass is 262 g/mol. The van der Waals surface area contributed by atoms with Crippen LogP contribution in [-0.4, -0.2) is 20.9 Å². The summed E-state index contributed by atoms with van der Waals surface area (Å²) in [5, 5.41) is 0.793. The largest absolute Gasteiger partial charge is 0.330 e. The van der Waals surface area contributed by atoms with Gasteiger partial charge in [-0.25, -0.2) is 0 Å². The number of hydrogen-bond donors (Lipinski definition) is 2. The van der Waals surface area contributed by atoms with E-state index in [9.17, 15) is 0 Å². The Kier molecular flexibility index (Phi) is 3.97. The van der Waals surface area contributed by atoms with E-state index in [0.29, 0.717) is 0 Å². The lowest BCUT2D eigenvalue weighted by atomic mass is 9.51. The number of hydrogen-bond acceptors (Lipinski definition) is 2. The Balaban J connectivity index is 1.44. The van der Waals surface area contributed by atoms with Crippen LogP contribution in [0, 0.1) is 29.6 Å². The molecular weight excluding hydrogens is 231 g/mol. The minimum absolute atomic E-state index is 0.793. The highest BCUT2D eigenvalue weighted by atomic mass is 14.8. The highest BCUT2D eigenvalue weighted by Crippen LogP contribution is 2.90. The third-order valence-corrected chi connectivity index (χ3v) is 6.82. The van der Waals surface area contributed by atoms with Crippen LogP contribution in [-0.2, 0) is 0 Å². The van der Waals surface area contributed by atoms with E-state index < -0.39 is 0 Å². The predicted octanol–water partition coefficient (Wildman–Crippen LogP) is 1.94. The van der Waals surface area contributed by atoms with Crippen LogP contribution >= 0.6 is 0 Å². The Labute approximate surface area is 119 Å². The molecule has 3 rings (SSSR count). The van der Waals surface area contributed by atoms with Gasteiger partial charge in [0.05, 0.1) is 0 Å². The summed E-state index contributed by atoms with van der Waals surface area (Å²) in [6.45, 7) is 1.76. The second kappa shape index (κ2) is 5.40. The average molecular weight is 262 g/mol. The molecule has 0 radical (unpaired) electrons. The van der Waals surface area contributed by atoms with Crippen LogP contribution in [0.2, 0.25) is 5.31 Å². The molecule has 0 aliphatic heterocycles. The van der Waals surface area contributed by atoms with Gasteiger partial charge < -0.3 is 11.5 Å². The molecule has 6 unspecified atom stereocenters.